The van der Waals surface area contributed by atoms with Crippen LogP contribution in [0.25, 0.3) is 0 Å². The molecule has 0 aliphatic carbocycles. The van der Waals surface area contributed by atoms with Crippen molar-refractivity contribution in [2.24, 2.45) is 0 Å². The molecule has 1 heterocycles. The second-order valence-electron chi connectivity index (χ2n) is 9.67. The van der Waals surface area contributed by atoms with Crippen LogP contribution in [0.15, 0.2) is 30.3 Å². The smallest absolute Gasteiger partial charge is 0.290 e. The number of hydrogen-bond donors (Lipinski definition) is 2. The van der Waals surface area contributed by atoms with Crippen molar-refractivity contribution in [3.05, 3.63) is 64.5 Å². The van der Waals surface area contributed by atoms with Gasteiger partial charge in [-0.05, 0) is 44.9 Å². The minimum absolute atomic E-state index is 0.0695. The molecule has 1 aliphatic rings. The molecule has 0 spiro atoms. The Kier molecular flexibility index (Phi) is 8.81. The van der Waals surface area contributed by atoms with Crippen LogP contribution in [0.5, 0.6) is 0 Å². The zero-order valence-corrected chi connectivity index (χ0v) is 21.7. The summed E-state index contributed by atoms with van der Waals surface area (Å²) in [4.78, 5) is 39.7. The van der Waals surface area contributed by atoms with Crippen LogP contribution < -0.4 is 10.6 Å². The number of carbonyl (C=O) groups excluding carboxylic acids is 3. The number of anilines is 1. The molecule has 1 fully saturated rings. The van der Waals surface area contributed by atoms with Crippen LogP contribution in [0.1, 0.15) is 56.7 Å². The summed E-state index contributed by atoms with van der Waals surface area (Å²) in [5.41, 5.74) is -2.64. The number of methoxy groups -OCH3 is 1. The van der Waals surface area contributed by atoms with Crippen LogP contribution in [-0.2, 0) is 36.9 Å². The summed E-state index contributed by atoms with van der Waals surface area (Å²) < 4.78 is 65.5. The van der Waals surface area contributed by atoms with E-state index in [-0.39, 0.29) is 35.7 Å². The maximum absolute atomic E-state index is 16.1. The molecule has 11 heteroatoms. The third kappa shape index (κ3) is 5.67. The summed E-state index contributed by atoms with van der Waals surface area (Å²) in [6.45, 7) is 5.42. The highest BCUT2D eigenvalue weighted by Gasteiger charge is 2.45. The Hall–Kier alpha value is -3.47. The van der Waals surface area contributed by atoms with E-state index in [1.54, 1.807) is 24.1 Å². The van der Waals surface area contributed by atoms with Crippen molar-refractivity contribution in [2.45, 2.75) is 57.8 Å². The van der Waals surface area contributed by atoms with E-state index in [2.05, 4.69) is 5.32 Å². The van der Waals surface area contributed by atoms with E-state index >= 15 is 8.78 Å². The van der Waals surface area contributed by atoms with Crippen LogP contribution in [0, 0.1) is 17.5 Å². The number of likely N-dealkylation sites (tertiary alicyclic amines) is 1. The van der Waals surface area contributed by atoms with Crippen LogP contribution >= 0.6 is 0 Å². The minimum atomic E-state index is -3.52. The van der Waals surface area contributed by atoms with Crippen molar-refractivity contribution in [2.75, 3.05) is 25.5 Å². The van der Waals surface area contributed by atoms with E-state index in [4.69, 9.17) is 4.74 Å². The predicted octanol–water partition coefficient (Wildman–Crippen LogP) is 4.44. The van der Waals surface area contributed by atoms with Gasteiger partial charge in [0.1, 0.15) is 5.82 Å². The molecule has 0 radical (unpaired) electrons. The SMILES string of the molecule is CCC(=O)NC(F)(C(=O)Nc1ccc(C(C)(C)C(=O)N2CCCC2)c(F)c1)c1ccc(COC)c(F)c1F. The van der Waals surface area contributed by atoms with Crippen molar-refractivity contribution < 1.29 is 36.7 Å². The number of amides is 3. The van der Waals surface area contributed by atoms with Crippen LogP contribution in [0.2, 0.25) is 0 Å². The van der Waals surface area contributed by atoms with Gasteiger partial charge in [-0.2, -0.15) is 0 Å². The van der Waals surface area contributed by atoms with Gasteiger partial charge in [0.25, 0.3) is 11.7 Å². The van der Waals surface area contributed by atoms with Gasteiger partial charge in [-0.25, -0.2) is 17.6 Å². The van der Waals surface area contributed by atoms with Crippen molar-refractivity contribution in [3.63, 3.8) is 0 Å². The molecule has 1 saturated heterocycles. The van der Waals surface area contributed by atoms with Gasteiger partial charge in [0.2, 0.25) is 11.8 Å². The lowest BCUT2D eigenvalue weighted by Crippen LogP contribution is -2.51. The van der Waals surface area contributed by atoms with Crippen molar-refractivity contribution >= 4 is 23.4 Å². The molecule has 206 valence electrons. The van der Waals surface area contributed by atoms with Crippen LogP contribution in [0.4, 0.5) is 23.2 Å². The first-order valence-electron chi connectivity index (χ1n) is 12.2. The second-order valence-corrected chi connectivity index (χ2v) is 9.67. The fourth-order valence-electron chi connectivity index (χ4n) is 4.40. The topological polar surface area (TPSA) is 87.7 Å². The first kappa shape index (κ1) is 29.1. The normalized spacial score (nSPS) is 15.2. The lowest BCUT2D eigenvalue weighted by Gasteiger charge is -2.30. The molecule has 1 unspecified atom stereocenters. The molecule has 0 bridgehead atoms. The van der Waals surface area contributed by atoms with Gasteiger partial charge in [-0.1, -0.05) is 19.1 Å². The Morgan fingerprint density at radius 1 is 1.00 bits per heavy atom. The van der Waals surface area contributed by atoms with Crippen LogP contribution in [-0.4, -0.2) is 42.8 Å². The van der Waals surface area contributed by atoms with Gasteiger partial charge in [-0.3, -0.25) is 14.4 Å². The summed E-state index contributed by atoms with van der Waals surface area (Å²) >= 11 is 0. The van der Waals surface area contributed by atoms with Crippen LogP contribution in [0.3, 0.4) is 0 Å². The van der Waals surface area contributed by atoms with Crippen molar-refractivity contribution in [1.82, 2.24) is 10.2 Å². The van der Waals surface area contributed by atoms with Gasteiger partial charge in [0.15, 0.2) is 11.6 Å². The maximum Gasteiger partial charge on any atom is 0.290 e. The Morgan fingerprint density at radius 3 is 2.21 bits per heavy atom. The molecule has 3 rings (SSSR count). The molecule has 1 aliphatic heterocycles. The first-order chi connectivity index (χ1) is 17.9. The van der Waals surface area contributed by atoms with E-state index in [1.807, 2.05) is 0 Å². The lowest BCUT2D eigenvalue weighted by atomic mass is 9.82. The zero-order valence-electron chi connectivity index (χ0n) is 21.7. The molecular formula is C27H31F4N3O4. The van der Waals surface area contributed by atoms with E-state index in [9.17, 15) is 23.2 Å². The molecule has 1 atom stereocenters. The number of nitrogens with zero attached hydrogens (tertiary/aromatic N) is 1. The number of benzene rings is 2. The Bertz CT molecular complexity index is 1230. The van der Waals surface area contributed by atoms with Crippen molar-refractivity contribution in [3.8, 4) is 0 Å². The number of nitrogens with one attached hydrogen (secondary N) is 2. The summed E-state index contributed by atoms with van der Waals surface area (Å²) in [6.07, 6.45) is 1.48. The Labute approximate surface area is 218 Å². The fourth-order valence-corrected chi connectivity index (χ4v) is 4.40. The monoisotopic (exact) mass is 537 g/mol. The third-order valence-corrected chi connectivity index (χ3v) is 6.61. The summed E-state index contributed by atoms with van der Waals surface area (Å²) in [5.74, 6) is -10.2. The maximum atomic E-state index is 16.1. The number of ether oxygens (including phenoxy) is 1. The average molecular weight is 538 g/mol. The minimum Gasteiger partial charge on any atom is -0.380 e. The highest BCUT2D eigenvalue weighted by Crippen LogP contribution is 2.33. The molecule has 0 aromatic heterocycles. The number of carbonyl (C=O) groups is 3. The summed E-state index contributed by atoms with van der Waals surface area (Å²) in [5, 5.41) is 3.92. The predicted molar refractivity (Wildman–Crippen MR) is 132 cm³/mol. The van der Waals surface area contributed by atoms with E-state index in [0.29, 0.717) is 13.1 Å². The molecule has 2 aromatic carbocycles. The summed E-state index contributed by atoms with van der Waals surface area (Å²) in [6, 6.07) is 5.32. The van der Waals surface area contributed by atoms with Gasteiger partial charge >= 0.3 is 0 Å². The van der Waals surface area contributed by atoms with E-state index in [0.717, 1.165) is 31.0 Å². The van der Waals surface area contributed by atoms with Gasteiger partial charge < -0.3 is 20.3 Å². The molecule has 0 saturated carbocycles. The quantitative estimate of drug-likeness (QED) is 0.366. The Balaban J connectivity index is 1.93. The lowest BCUT2D eigenvalue weighted by molar-refractivity contribution is -0.138. The molecule has 7 nitrogen and oxygen atoms in total. The highest BCUT2D eigenvalue weighted by molar-refractivity contribution is 6.00. The van der Waals surface area contributed by atoms with Gasteiger partial charge in [-0.15, -0.1) is 0 Å². The largest absolute Gasteiger partial charge is 0.380 e. The standard InChI is InChI=1S/C27H31F4N3O4/c1-5-21(35)33-27(31,19-10-8-16(15-38-4)22(29)23(19)30)24(36)32-17-9-11-18(20(28)14-17)26(2,3)25(37)34-12-6-7-13-34/h8-11,14H,5-7,12-13,15H2,1-4H3,(H,32,36)(H,33,35). The third-order valence-electron chi connectivity index (χ3n) is 6.61. The zero-order chi connectivity index (χ0) is 28.3. The molecule has 2 N–H and O–H groups in total. The number of alkyl halides is 1. The molecular weight excluding hydrogens is 506 g/mol. The van der Waals surface area contributed by atoms with Gasteiger partial charge in [0.05, 0.1) is 17.6 Å². The van der Waals surface area contributed by atoms with Crippen molar-refractivity contribution in [1.29, 1.82) is 0 Å². The molecule has 3 amide bonds. The van der Waals surface area contributed by atoms with E-state index < -0.39 is 46.0 Å². The number of hydrogen-bond acceptors (Lipinski definition) is 4. The summed E-state index contributed by atoms with van der Waals surface area (Å²) in [7, 11) is 1.26. The molecule has 38 heavy (non-hydrogen) atoms. The average Bonchev–Trinajstić information content (AvgIpc) is 3.41. The van der Waals surface area contributed by atoms with Gasteiger partial charge in [0, 0.05) is 43.4 Å². The first-order valence-corrected chi connectivity index (χ1v) is 12.2. The molecule has 2 aromatic rings. The fraction of sp³-hybridized carbons (Fsp3) is 0.444. The number of rotatable bonds is 9. The second kappa shape index (κ2) is 11.5. The number of halogens is 4. The highest BCUT2D eigenvalue weighted by atomic mass is 19.2. The Morgan fingerprint density at radius 2 is 1.63 bits per heavy atom. The van der Waals surface area contributed by atoms with E-state index in [1.165, 1.54) is 26.2 Å².